The Morgan fingerprint density at radius 2 is 1.73 bits per heavy atom. The number of thioether (sulfide) groups is 1. The standard InChI is InChI=1S/C25H24N4O3S/c1-15-22(17(3)30)16(2)26-23(15)20(31)14-33-25-28-27-24(19-12-8-9-13-21(19)32-4)29(25)18-10-6-5-7-11-18/h5-13,26H,14H2,1-4H3. The lowest BCUT2D eigenvalue weighted by atomic mass is 10.1. The molecule has 0 unspecified atom stereocenters. The third kappa shape index (κ3) is 4.34. The van der Waals surface area contributed by atoms with Gasteiger partial charge >= 0.3 is 0 Å². The van der Waals surface area contributed by atoms with Crippen molar-refractivity contribution in [3.8, 4) is 22.8 Å². The average Bonchev–Trinajstić information content (AvgIpc) is 3.38. The lowest BCUT2D eigenvalue weighted by Gasteiger charge is -2.12. The second-order valence-corrected chi connectivity index (χ2v) is 8.51. The van der Waals surface area contributed by atoms with Crippen LogP contribution in [0.1, 0.15) is 39.0 Å². The number of Topliss-reactive ketones (excluding diaryl/α,β-unsaturated/α-hetero) is 2. The third-order valence-corrected chi connectivity index (χ3v) is 6.33. The number of nitrogens with one attached hydrogen (secondary N) is 1. The molecule has 0 spiro atoms. The van der Waals surface area contributed by atoms with Gasteiger partial charge < -0.3 is 9.72 Å². The number of H-pyrrole nitrogens is 1. The van der Waals surface area contributed by atoms with Gasteiger partial charge in [0.25, 0.3) is 0 Å². The van der Waals surface area contributed by atoms with Gasteiger partial charge in [0, 0.05) is 16.9 Å². The van der Waals surface area contributed by atoms with E-state index in [0.717, 1.165) is 11.3 Å². The van der Waals surface area contributed by atoms with E-state index in [0.29, 0.717) is 39.2 Å². The molecule has 0 amide bonds. The number of carbonyl (C=O) groups is 2. The first-order chi connectivity index (χ1) is 15.9. The van der Waals surface area contributed by atoms with Crippen molar-refractivity contribution in [3.05, 3.63) is 77.1 Å². The molecule has 168 valence electrons. The summed E-state index contributed by atoms with van der Waals surface area (Å²) in [6.45, 7) is 5.11. The Bertz CT molecular complexity index is 1320. The average molecular weight is 461 g/mol. The van der Waals surface area contributed by atoms with Crippen molar-refractivity contribution >= 4 is 23.3 Å². The summed E-state index contributed by atoms with van der Waals surface area (Å²) in [5, 5.41) is 9.40. The minimum atomic E-state index is -0.102. The first-order valence-electron chi connectivity index (χ1n) is 10.4. The Balaban J connectivity index is 1.69. The fraction of sp³-hybridized carbons (Fsp3) is 0.200. The zero-order valence-electron chi connectivity index (χ0n) is 18.9. The maximum atomic E-state index is 13.0. The fourth-order valence-corrected chi connectivity index (χ4v) is 4.76. The lowest BCUT2D eigenvalue weighted by Crippen LogP contribution is -2.07. The van der Waals surface area contributed by atoms with Crippen LogP contribution in [0.5, 0.6) is 5.75 Å². The summed E-state index contributed by atoms with van der Waals surface area (Å²) < 4.78 is 7.45. The van der Waals surface area contributed by atoms with Gasteiger partial charge in [-0.1, -0.05) is 42.1 Å². The van der Waals surface area contributed by atoms with Crippen LogP contribution in [0.25, 0.3) is 17.1 Å². The Kier molecular flexibility index (Phi) is 6.46. The molecule has 2 aromatic carbocycles. The van der Waals surface area contributed by atoms with Gasteiger partial charge in [-0.05, 0) is 50.6 Å². The molecule has 4 aromatic rings. The van der Waals surface area contributed by atoms with Crippen molar-refractivity contribution in [3.63, 3.8) is 0 Å². The summed E-state index contributed by atoms with van der Waals surface area (Å²) in [5.41, 5.74) is 4.11. The number of nitrogens with zero attached hydrogens (tertiary/aromatic N) is 3. The number of rotatable bonds is 8. The van der Waals surface area contributed by atoms with Crippen molar-refractivity contribution in [1.29, 1.82) is 0 Å². The molecule has 0 aliphatic rings. The molecule has 0 radical (unpaired) electrons. The van der Waals surface area contributed by atoms with Crippen LogP contribution in [-0.2, 0) is 0 Å². The van der Waals surface area contributed by atoms with E-state index < -0.39 is 0 Å². The molecule has 7 nitrogen and oxygen atoms in total. The zero-order chi connectivity index (χ0) is 23.5. The molecule has 0 aliphatic carbocycles. The number of hydrogen-bond acceptors (Lipinski definition) is 6. The summed E-state index contributed by atoms with van der Waals surface area (Å²) >= 11 is 1.30. The van der Waals surface area contributed by atoms with E-state index in [4.69, 9.17) is 4.74 Å². The predicted molar refractivity (Wildman–Crippen MR) is 129 cm³/mol. The normalized spacial score (nSPS) is 10.9. The predicted octanol–water partition coefficient (Wildman–Crippen LogP) is 5.07. The van der Waals surface area contributed by atoms with Gasteiger partial charge in [-0.25, -0.2) is 0 Å². The number of aromatic amines is 1. The molecule has 4 rings (SSSR count). The molecule has 2 aromatic heterocycles. The number of hydrogen-bond donors (Lipinski definition) is 1. The molecule has 33 heavy (non-hydrogen) atoms. The van der Waals surface area contributed by atoms with Crippen LogP contribution in [0.15, 0.2) is 59.8 Å². The van der Waals surface area contributed by atoms with Crippen molar-refractivity contribution < 1.29 is 14.3 Å². The maximum Gasteiger partial charge on any atom is 0.196 e. The van der Waals surface area contributed by atoms with Gasteiger partial charge in [0.15, 0.2) is 22.5 Å². The monoisotopic (exact) mass is 460 g/mol. The maximum absolute atomic E-state index is 13.0. The third-order valence-electron chi connectivity index (χ3n) is 5.40. The molecule has 0 fully saturated rings. The van der Waals surface area contributed by atoms with E-state index in [1.54, 1.807) is 21.0 Å². The van der Waals surface area contributed by atoms with Gasteiger partial charge in [0.1, 0.15) is 5.75 Å². The van der Waals surface area contributed by atoms with Gasteiger partial charge in [0.2, 0.25) is 0 Å². The second-order valence-electron chi connectivity index (χ2n) is 7.57. The van der Waals surface area contributed by atoms with Gasteiger partial charge in [-0.15, -0.1) is 10.2 Å². The zero-order valence-corrected chi connectivity index (χ0v) is 19.7. The first-order valence-corrected chi connectivity index (χ1v) is 11.4. The molecule has 0 atom stereocenters. The van der Waals surface area contributed by atoms with E-state index >= 15 is 0 Å². The first kappa shape index (κ1) is 22.5. The minimum Gasteiger partial charge on any atom is -0.496 e. The molecular weight excluding hydrogens is 436 g/mol. The van der Waals surface area contributed by atoms with Crippen molar-refractivity contribution in [2.75, 3.05) is 12.9 Å². The number of ether oxygens (including phenoxy) is 1. The lowest BCUT2D eigenvalue weighted by molar-refractivity contribution is 0.101. The summed E-state index contributed by atoms with van der Waals surface area (Å²) in [5.74, 6) is 1.30. The SMILES string of the molecule is COc1ccccc1-c1nnc(SCC(=O)c2[nH]c(C)c(C(C)=O)c2C)n1-c1ccccc1. The van der Waals surface area contributed by atoms with Crippen LogP contribution in [0.3, 0.4) is 0 Å². The van der Waals surface area contributed by atoms with Gasteiger partial charge in [0.05, 0.1) is 24.1 Å². The Labute approximate surface area is 196 Å². The largest absolute Gasteiger partial charge is 0.496 e. The Hall–Kier alpha value is -3.65. The number of ketones is 2. The minimum absolute atomic E-state index is 0.0572. The van der Waals surface area contributed by atoms with Crippen LogP contribution in [0.4, 0.5) is 0 Å². The molecule has 0 aliphatic heterocycles. The molecule has 2 heterocycles. The Morgan fingerprint density at radius 1 is 1.03 bits per heavy atom. The Morgan fingerprint density at radius 3 is 2.39 bits per heavy atom. The van der Waals surface area contributed by atoms with Gasteiger partial charge in [-0.3, -0.25) is 14.2 Å². The highest BCUT2D eigenvalue weighted by atomic mass is 32.2. The van der Waals surface area contributed by atoms with E-state index in [-0.39, 0.29) is 17.3 Å². The molecule has 8 heteroatoms. The summed E-state index contributed by atoms with van der Waals surface area (Å²) in [6, 6.07) is 17.4. The number of benzene rings is 2. The number of para-hydroxylation sites is 2. The smallest absolute Gasteiger partial charge is 0.196 e. The number of methoxy groups -OCH3 is 1. The summed E-state index contributed by atoms with van der Waals surface area (Å²) in [6.07, 6.45) is 0. The van der Waals surface area contributed by atoms with E-state index in [1.807, 2.05) is 59.2 Å². The molecule has 0 saturated heterocycles. The van der Waals surface area contributed by atoms with Crippen molar-refractivity contribution in [2.24, 2.45) is 0 Å². The van der Waals surface area contributed by atoms with E-state index in [1.165, 1.54) is 18.7 Å². The van der Waals surface area contributed by atoms with Crippen molar-refractivity contribution in [1.82, 2.24) is 19.7 Å². The van der Waals surface area contributed by atoms with Crippen molar-refractivity contribution in [2.45, 2.75) is 25.9 Å². The highest BCUT2D eigenvalue weighted by Crippen LogP contribution is 2.33. The quantitative estimate of drug-likeness (QED) is 0.292. The highest BCUT2D eigenvalue weighted by molar-refractivity contribution is 7.99. The van der Waals surface area contributed by atoms with Gasteiger partial charge in [-0.2, -0.15) is 0 Å². The summed E-state index contributed by atoms with van der Waals surface area (Å²) in [7, 11) is 1.62. The summed E-state index contributed by atoms with van der Waals surface area (Å²) in [4.78, 5) is 28.0. The number of carbonyl (C=O) groups excluding carboxylic acids is 2. The number of aryl methyl sites for hydroxylation is 1. The van der Waals surface area contributed by atoms with Crippen LogP contribution >= 0.6 is 11.8 Å². The molecule has 0 bridgehead atoms. The van der Waals surface area contributed by atoms with Crippen LogP contribution in [-0.4, -0.2) is 44.2 Å². The fourth-order valence-electron chi connectivity index (χ4n) is 3.94. The highest BCUT2D eigenvalue weighted by Gasteiger charge is 2.23. The van der Waals surface area contributed by atoms with Crippen LogP contribution in [0, 0.1) is 13.8 Å². The number of aromatic nitrogens is 4. The van der Waals surface area contributed by atoms with E-state index in [9.17, 15) is 9.59 Å². The van der Waals surface area contributed by atoms with Crippen LogP contribution in [0.2, 0.25) is 0 Å². The molecule has 0 saturated carbocycles. The molecule has 1 N–H and O–H groups in total. The van der Waals surface area contributed by atoms with E-state index in [2.05, 4.69) is 15.2 Å². The van der Waals surface area contributed by atoms with Crippen LogP contribution < -0.4 is 4.74 Å². The molecular formula is C25H24N4O3S. The topological polar surface area (TPSA) is 89.9 Å². The second kappa shape index (κ2) is 9.46.